The first-order chi connectivity index (χ1) is 18.6. The van der Waals surface area contributed by atoms with Crippen LogP contribution in [-0.4, -0.2) is 98.0 Å². The average molecular weight is 732 g/mol. The van der Waals surface area contributed by atoms with E-state index < -0.39 is 46.9 Å². The number of benzene rings is 1. The normalized spacial score (nSPS) is 17.9. The summed E-state index contributed by atoms with van der Waals surface area (Å²) in [6, 6.07) is 8.34. The lowest BCUT2D eigenvalue weighted by Gasteiger charge is -2.19. The molecule has 0 saturated carbocycles. The van der Waals surface area contributed by atoms with Gasteiger partial charge in [-0.25, -0.2) is 36.9 Å². The maximum absolute atomic E-state index is 11.2. The number of amidine groups is 1. The smallest absolute Gasteiger partial charge is 0.302 e. The fourth-order valence-corrected chi connectivity index (χ4v) is 9.11. The van der Waals surface area contributed by atoms with Gasteiger partial charge in [-0.15, -0.1) is 5.10 Å². The molecule has 0 radical (unpaired) electrons. The minimum absolute atomic E-state index is 0.681. The van der Waals surface area contributed by atoms with Crippen LogP contribution in [0.3, 0.4) is 0 Å². The van der Waals surface area contributed by atoms with Crippen molar-refractivity contribution in [2.24, 2.45) is 0 Å². The number of nitrogens with zero attached hydrogens (tertiary/aromatic N) is 5. The van der Waals surface area contributed by atoms with Crippen molar-refractivity contribution in [3.63, 3.8) is 0 Å². The molecule has 8 N–H and O–H groups in total. The number of hydrogen-bond donors (Lipinski definition) is 8. The second kappa shape index (κ2) is 14.2. The number of para-hydroxylation sites is 1. The topological polar surface area (TPSA) is 357 Å². The zero-order valence-electron chi connectivity index (χ0n) is 21.2. The van der Waals surface area contributed by atoms with Gasteiger partial charge in [0.15, 0.2) is 0 Å². The molecule has 42 heavy (non-hydrogen) atoms. The van der Waals surface area contributed by atoms with E-state index in [1.165, 1.54) is 4.85 Å². The zero-order chi connectivity index (χ0) is 32.9. The average Bonchev–Trinajstić information content (AvgIpc) is 3.08. The Bertz CT molecular complexity index is 1510. The van der Waals surface area contributed by atoms with Crippen LogP contribution in [0.1, 0.15) is 0 Å². The molecule has 0 spiro atoms. The van der Waals surface area contributed by atoms with Crippen LogP contribution < -0.4 is 4.84 Å². The van der Waals surface area contributed by atoms with Gasteiger partial charge in [-0.1, -0.05) is 17.0 Å². The summed E-state index contributed by atoms with van der Waals surface area (Å²) in [6.07, 6.45) is 0. The highest BCUT2D eigenvalue weighted by Crippen LogP contribution is 2.74. The third kappa shape index (κ3) is 15.0. The van der Waals surface area contributed by atoms with E-state index in [1.54, 1.807) is 0 Å². The SMILES string of the molecule is CN(C)C(On1nnc2ccccc21)=[N+](C)C.O=P(O)(O)OP(=O)(O)OP(=O)(O)OP(=O)(O)OP(=O)(O)OP(=O)(O)O. The Balaban J connectivity index is 0.000000448. The van der Waals surface area contributed by atoms with Crippen molar-refractivity contribution >= 4 is 64.0 Å². The summed E-state index contributed by atoms with van der Waals surface area (Å²) in [6.45, 7) is 0. The van der Waals surface area contributed by atoms with Gasteiger partial charge in [0.1, 0.15) is 11.0 Å². The van der Waals surface area contributed by atoms with E-state index in [0.717, 1.165) is 11.0 Å². The quantitative estimate of drug-likeness (QED) is 0.0636. The molecule has 0 saturated heterocycles. The van der Waals surface area contributed by atoms with Crippen molar-refractivity contribution in [1.82, 2.24) is 20.1 Å². The Kier molecular flexibility index (Phi) is 13.1. The lowest BCUT2D eigenvalue weighted by molar-refractivity contribution is -0.480. The van der Waals surface area contributed by atoms with E-state index in [0.29, 0.717) is 6.02 Å². The molecule has 0 aliphatic heterocycles. The predicted molar refractivity (Wildman–Crippen MR) is 134 cm³/mol. The van der Waals surface area contributed by atoms with Crippen LogP contribution in [0.5, 0.6) is 0 Å². The number of fused-ring (bicyclic) bond motifs is 1. The first-order valence-corrected chi connectivity index (χ1v) is 18.9. The molecule has 0 aliphatic carbocycles. The maximum atomic E-state index is 11.2. The van der Waals surface area contributed by atoms with Gasteiger partial charge in [0.2, 0.25) is 0 Å². The van der Waals surface area contributed by atoms with Crippen LogP contribution >= 0.6 is 46.9 Å². The Labute approximate surface area is 234 Å². The Morgan fingerprint density at radius 2 is 1.10 bits per heavy atom. The third-order valence-electron chi connectivity index (χ3n) is 3.29. The van der Waals surface area contributed by atoms with E-state index in [1.807, 2.05) is 61.9 Å². The van der Waals surface area contributed by atoms with E-state index in [4.69, 9.17) is 44.0 Å². The number of hydrogen-bond acceptors (Lipinski definition) is 14. The van der Waals surface area contributed by atoms with Crippen molar-refractivity contribution in [3.8, 4) is 0 Å². The molecular weight excluding hydrogens is 708 g/mol. The van der Waals surface area contributed by atoms with Gasteiger partial charge in [-0.2, -0.15) is 21.6 Å². The van der Waals surface area contributed by atoms with Gasteiger partial charge >= 0.3 is 53.0 Å². The van der Waals surface area contributed by atoms with Crippen molar-refractivity contribution in [3.05, 3.63) is 24.3 Å². The minimum Gasteiger partial charge on any atom is -0.302 e. The van der Waals surface area contributed by atoms with E-state index >= 15 is 0 Å². The molecule has 1 aromatic carbocycles. The van der Waals surface area contributed by atoms with Gasteiger partial charge in [0.25, 0.3) is 0 Å². The fourth-order valence-electron chi connectivity index (χ4n) is 2.28. The second-order valence-corrected chi connectivity index (χ2v) is 16.4. The Morgan fingerprint density at radius 3 is 1.45 bits per heavy atom. The molecule has 2 aromatic rings. The summed E-state index contributed by atoms with van der Waals surface area (Å²) in [4.78, 5) is 77.1. The van der Waals surface area contributed by atoms with Crippen molar-refractivity contribution in [2.45, 2.75) is 0 Å². The first-order valence-electron chi connectivity index (χ1n) is 9.82. The lowest BCUT2D eigenvalue weighted by atomic mass is 10.3. The number of aromatic nitrogens is 3. The predicted octanol–water partition coefficient (Wildman–Crippen LogP) is -0.294. The third-order valence-corrected chi connectivity index (χ3v) is 11.6. The van der Waals surface area contributed by atoms with Crippen LogP contribution in [0, 0.1) is 0 Å². The van der Waals surface area contributed by atoms with Crippen LogP contribution in [0.25, 0.3) is 11.0 Å². The van der Waals surface area contributed by atoms with Crippen molar-refractivity contribution in [2.75, 3.05) is 28.2 Å². The molecule has 0 amide bonds. The molecule has 4 unspecified atom stereocenters. The van der Waals surface area contributed by atoms with Crippen molar-refractivity contribution < 1.29 is 97.5 Å². The molecule has 1 aromatic heterocycles. The van der Waals surface area contributed by atoms with Crippen LogP contribution in [0.15, 0.2) is 24.3 Å². The summed E-state index contributed by atoms with van der Waals surface area (Å²) < 4.78 is 82.3. The molecule has 4 atom stereocenters. The number of phosphoric acid groups is 6. The largest absolute Gasteiger partial charge is 0.490 e. The Morgan fingerprint density at radius 1 is 0.714 bits per heavy atom. The lowest BCUT2D eigenvalue weighted by Crippen LogP contribution is -2.39. The van der Waals surface area contributed by atoms with E-state index in [2.05, 4.69) is 31.9 Å². The summed E-state index contributed by atoms with van der Waals surface area (Å²) in [7, 11) is -28.6. The summed E-state index contributed by atoms with van der Waals surface area (Å²) >= 11 is 0. The van der Waals surface area contributed by atoms with Crippen molar-refractivity contribution in [1.29, 1.82) is 0 Å². The number of rotatable bonds is 11. The molecule has 31 heteroatoms. The standard InChI is InChI=1S/C11H16N5O.H8O19P6/c1-14(2)11(15(3)4)17-16-10-8-6-5-7-9(10)12-13-16;1-20(2,3)15-22(7,8)17-24(11,12)19-25(13,14)18-23(9,10)16-21(4,5)6/h5-8H,1-4H3;(H,7,8)(H,9,10)(H,11,12)(H,13,14)(H2,1,2,3)(H2,4,5,6)/q+1;. The molecule has 25 nitrogen and oxygen atoms in total. The molecule has 1 heterocycles. The highest BCUT2D eigenvalue weighted by molar-refractivity contribution is 7.72. The van der Waals surface area contributed by atoms with E-state index in [9.17, 15) is 27.4 Å². The van der Waals surface area contributed by atoms with Gasteiger partial charge in [-0.05, 0) is 17.3 Å². The minimum atomic E-state index is -6.26. The van der Waals surface area contributed by atoms with Crippen LogP contribution in [-0.2, 0) is 48.9 Å². The highest BCUT2D eigenvalue weighted by Gasteiger charge is 2.48. The monoisotopic (exact) mass is 732 g/mol. The van der Waals surface area contributed by atoms with Crippen LogP contribution in [0.4, 0.5) is 0 Å². The first kappa shape index (κ1) is 38.8. The fraction of sp³-hybridized carbons (Fsp3) is 0.364. The van der Waals surface area contributed by atoms with Gasteiger partial charge in [-0.3, -0.25) is 4.84 Å². The summed E-state index contributed by atoms with van der Waals surface area (Å²) in [5.41, 5.74) is 1.65. The van der Waals surface area contributed by atoms with Gasteiger partial charge in [0, 0.05) is 0 Å². The highest BCUT2D eigenvalue weighted by atomic mass is 31.3. The second-order valence-electron chi connectivity index (χ2n) is 7.38. The Hall–Kier alpha value is -1.25. The maximum Gasteiger partial charge on any atom is 0.490 e. The van der Waals surface area contributed by atoms with E-state index in [-0.39, 0.29) is 0 Å². The molecule has 2 rings (SSSR count). The molecule has 0 fully saturated rings. The van der Waals surface area contributed by atoms with Crippen LogP contribution in [0.2, 0.25) is 0 Å². The van der Waals surface area contributed by atoms with Gasteiger partial charge in [0.05, 0.1) is 28.2 Å². The summed E-state index contributed by atoms with van der Waals surface area (Å²) in [5.74, 6) is 0. The zero-order valence-corrected chi connectivity index (χ0v) is 26.6. The molecule has 0 bridgehead atoms. The summed E-state index contributed by atoms with van der Waals surface area (Å²) in [5, 5.41) is 8.00. The molecule has 0 aliphatic rings. The van der Waals surface area contributed by atoms with Gasteiger partial charge < -0.3 is 39.1 Å². The molecular formula is C11H24N5O20P6+. The molecule has 242 valence electrons.